The van der Waals surface area contributed by atoms with E-state index >= 15 is 0 Å². The number of aromatic amines is 1. The molecule has 1 atom stereocenters. The quantitative estimate of drug-likeness (QED) is 0.864. The highest BCUT2D eigenvalue weighted by Crippen LogP contribution is 2.25. The van der Waals surface area contributed by atoms with Crippen LogP contribution >= 0.6 is 0 Å². The number of hydrogen-bond acceptors (Lipinski definition) is 4. The summed E-state index contributed by atoms with van der Waals surface area (Å²) in [4.78, 5) is 14.3. The lowest BCUT2D eigenvalue weighted by molar-refractivity contribution is 0.0598. The van der Waals surface area contributed by atoms with E-state index in [-0.39, 0.29) is 22.5 Å². The molecule has 1 aliphatic heterocycles. The number of carbonyl (C=O) groups excluding carboxylic acids is 1. The van der Waals surface area contributed by atoms with Crippen molar-refractivity contribution in [1.82, 2.24) is 15.1 Å². The minimum Gasteiger partial charge on any atom is -0.334 e. The Hall–Kier alpha value is -1.41. The average Bonchev–Trinajstić information content (AvgIpc) is 2.90. The van der Waals surface area contributed by atoms with Gasteiger partial charge in [-0.1, -0.05) is 13.8 Å². The summed E-state index contributed by atoms with van der Waals surface area (Å²) in [7, 11) is -3.98. The van der Waals surface area contributed by atoms with Crippen molar-refractivity contribution >= 4 is 15.9 Å². The van der Waals surface area contributed by atoms with Crippen LogP contribution in [-0.2, 0) is 16.4 Å². The molecule has 1 saturated heterocycles. The molecule has 1 aromatic heterocycles. The molecule has 0 radical (unpaired) electrons. The van der Waals surface area contributed by atoms with Crippen molar-refractivity contribution < 1.29 is 13.2 Å². The van der Waals surface area contributed by atoms with Crippen LogP contribution in [0.25, 0.3) is 0 Å². The molecule has 1 unspecified atom stereocenters. The van der Waals surface area contributed by atoms with Crippen molar-refractivity contribution in [2.45, 2.75) is 56.9 Å². The molecule has 0 saturated carbocycles. The fourth-order valence-corrected chi connectivity index (χ4v) is 3.82. The summed E-state index contributed by atoms with van der Waals surface area (Å²) in [6, 6.07) is 0.140. The first-order valence-corrected chi connectivity index (χ1v) is 8.85. The van der Waals surface area contributed by atoms with Crippen LogP contribution in [0.15, 0.2) is 4.90 Å². The molecule has 3 N–H and O–H groups in total. The maximum atomic E-state index is 12.7. The molecule has 2 rings (SSSR count). The van der Waals surface area contributed by atoms with Crippen LogP contribution in [0.1, 0.15) is 55.7 Å². The molecule has 1 aliphatic rings. The lowest BCUT2D eigenvalue weighted by atomic mass is 9.99. The molecular formula is C13H22N4O3S. The molecule has 0 spiro atoms. The van der Waals surface area contributed by atoms with E-state index < -0.39 is 10.0 Å². The number of aryl methyl sites for hydroxylation is 1. The molecule has 0 bridgehead atoms. The van der Waals surface area contributed by atoms with Crippen LogP contribution in [0, 0.1) is 0 Å². The molecule has 21 heavy (non-hydrogen) atoms. The van der Waals surface area contributed by atoms with E-state index in [0.717, 1.165) is 25.7 Å². The number of sulfonamides is 1. The Balaban J connectivity index is 2.42. The Morgan fingerprint density at radius 2 is 2.14 bits per heavy atom. The fourth-order valence-electron chi connectivity index (χ4n) is 2.89. The zero-order chi connectivity index (χ0) is 15.6. The minimum atomic E-state index is -3.98. The molecule has 118 valence electrons. The second-order valence-electron chi connectivity index (χ2n) is 5.33. The van der Waals surface area contributed by atoms with Gasteiger partial charge < -0.3 is 4.90 Å². The normalized spacial score (nSPS) is 19.8. The number of rotatable bonds is 4. The van der Waals surface area contributed by atoms with E-state index in [1.54, 1.807) is 11.8 Å². The lowest BCUT2D eigenvalue weighted by Crippen LogP contribution is -2.44. The van der Waals surface area contributed by atoms with Crippen molar-refractivity contribution in [1.29, 1.82) is 0 Å². The molecule has 1 fully saturated rings. The van der Waals surface area contributed by atoms with Crippen molar-refractivity contribution in [3.8, 4) is 0 Å². The average molecular weight is 314 g/mol. The van der Waals surface area contributed by atoms with E-state index in [2.05, 4.69) is 10.2 Å². The predicted molar refractivity (Wildman–Crippen MR) is 78.3 cm³/mol. The van der Waals surface area contributed by atoms with E-state index in [4.69, 9.17) is 5.14 Å². The van der Waals surface area contributed by atoms with Crippen LogP contribution in [0.2, 0.25) is 0 Å². The minimum absolute atomic E-state index is 0.0744. The van der Waals surface area contributed by atoms with Crippen molar-refractivity contribution in [2.24, 2.45) is 5.14 Å². The fraction of sp³-hybridized carbons (Fsp3) is 0.692. The van der Waals surface area contributed by atoms with Crippen molar-refractivity contribution in [3.63, 3.8) is 0 Å². The highest BCUT2D eigenvalue weighted by Gasteiger charge is 2.33. The van der Waals surface area contributed by atoms with Crippen LogP contribution in [0.5, 0.6) is 0 Å². The van der Waals surface area contributed by atoms with Gasteiger partial charge in [-0.25, -0.2) is 13.6 Å². The molecule has 0 aliphatic carbocycles. The topological polar surface area (TPSA) is 109 Å². The van der Waals surface area contributed by atoms with E-state index in [1.165, 1.54) is 0 Å². The molecule has 2 heterocycles. The third-order valence-electron chi connectivity index (χ3n) is 3.99. The molecule has 8 heteroatoms. The first kappa shape index (κ1) is 16.0. The third-order valence-corrected chi connectivity index (χ3v) is 5.00. The maximum Gasteiger partial charge on any atom is 0.276 e. The van der Waals surface area contributed by atoms with Gasteiger partial charge in [0.05, 0.1) is 5.69 Å². The van der Waals surface area contributed by atoms with E-state index in [1.807, 2.05) is 6.92 Å². The first-order valence-electron chi connectivity index (χ1n) is 7.31. The van der Waals surface area contributed by atoms with Gasteiger partial charge in [0.25, 0.3) is 5.91 Å². The number of amides is 1. The Bertz CT molecular complexity index is 623. The van der Waals surface area contributed by atoms with Gasteiger partial charge in [0.15, 0.2) is 5.69 Å². The van der Waals surface area contributed by atoms with Gasteiger partial charge in [-0.05, 0) is 32.1 Å². The highest BCUT2D eigenvalue weighted by molar-refractivity contribution is 7.89. The monoisotopic (exact) mass is 314 g/mol. The number of aromatic nitrogens is 2. The molecule has 1 amide bonds. The summed E-state index contributed by atoms with van der Waals surface area (Å²) in [6.45, 7) is 4.45. The Labute approximate surface area is 124 Å². The van der Waals surface area contributed by atoms with Gasteiger partial charge in [0, 0.05) is 12.6 Å². The summed E-state index contributed by atoms with van der Waals surface area (Å²) in [5.74, 6) is -0.346. The molecule has 0 aromatic carbocycles. The van der Waals surface area contributed by atoms with Crippen LogP contribution in [-0.4, -0.2) is 42.0 Å². The van der Waals surface area contributed by atoms with E-state index in [0.29, 0.717) is 18.7 Å². The summed E-state index contributed by atoms with van der Waals surface area (Å²) in [5, 5.41) is 11.8. The smallest absolute Gasteiger partial charge is 0.276 e. The lowest BCUT2D eigenvalue weighted by Gasteiger charge is -2.34. The predicted octanol–water partition coefficient (Wildman–Crippen LogP) is 1.02. The number of primary sulfonamides is 1. The number of nitrogens with one attached hydrogen (secondary N) is 1. The van der Waals surface area contributed by atoms with Gasteiger partial charge in [0.2, 0.25) is 10.0 Å². The van der Waals surface area contributed by atoms with Crippen LogP contribution in [0.3, 0.4) is 0 Å². The number of likely N-dealkylation sites (tertiary alicyclic amines) is 1. The zero-order valence-corrected chi connectivity index (χ0v) is 13.2. The highest BCUT2D eigenvalue weighted by atomic mass is 32.2. The van der Waals surface area contributed by atoms with Crippen LogP contribution < -0.4 is 5.14 Å². The summed E-state index contributed by atoms with van der Waals surface area (Å²) >= 11 is 0. The Morgan fingerprint density at radius 1 is 1.43 bits per heavy atom. The number of H-pyrrole nitrogens is 1. The SMILES string of the molecule is CCc1[nH]nc(C(=O)N2CCCCC2CC)c1S(N)(=O)=O. The Morgan fingerprint density at radius 3 is 2.71 bits per heavy atom. The molecular weight excluding hydrogens is 292 g/mol. The van der Waals surface area contributed by atoms with Crippen molar-refractivity contribution in [2.75, 3.05) is 6.54 Å². The van der Waals surface area contributed by atoms with Gasteiger partial charge in [-0.15, -0.1) is 0 Å². The third kappa shape index (κ3) is 3.11. The number of nitrogens with two attached hydrogens (primary N) is 1. The maximum absolute atomic E-state index is 12.7. The Kier molecular flexibility index (Phi) is 4.67. The van der Waals surface area contributed by atoms with Gasteiger partial charge >= 0.3 is 0 Å². The second kappa shape index (κ2) is 6.15. The zero-order valence-electron chi connectivity index (χ0n) is 12.4. The summed E-state index contributed by atoms with van der Waals surface area (Å²) in [6.07, 6.45) is 4.23. The number of nitrogens with zero attached hydrogens (tertiary/aromatic N) is 2. The largest absolute Gasteiger partial charge is 0.334 e. The second-order valence-corrected chi connectivity index (χ2v) is 6.83. The molecule has 1 aromatic rings. The molecule has 7 nitrogen and oxygen atoms in total. The van der Waals surface area contributed by atoms with Gasteiger partial charge in [-0.2, -0.15) is 5.10 Å². The van der Waals surface area contributed by atoms with Crippen molar-refractivity contribution in [3.05, 3.63) is 11.4 Å². The van der Waals surface area contributed by atoms with Crippen LogP contribution in [0.4, 0.5) is 0 Å². The first-order chi connectivity index (χ1) is 9.90. The number of hydrogen-bond donors (Lipinski definition) is 2. The standard InChI is InChI=1S/C13H22N4O3S/c1-3-9-7-5-6-8-17(9)13(18)11-12(21(14,19)20)10(4-2)15-16-11/h9H,3-8H2,1-2H3,(H,15,16)(H2,14,19,20). The number of carbonyl (C=O) groups is 1. The van der Waals surface area contributed by atoms with Gasteiger partial charge in [0.1, 0.15) is 4.90 Å². The summed E-state index contributed by atoms with van der Waals surface area (Å²) in [5.41, 5.74) is 0.306. The van der Waals surface area contributed by atoms with E-state index in [9.17, 15) is 13.2 Å². The number of piperidine rings is 1. The summed E-state index contributed by atoms with van der Waals surface area (Å²) < 4.78 is 23.6. The van der Waals surface area contributed by atoms with Gasteiger partial charge in [-0.3, -0.25) is 9.89 Å².